The summed E-state index contributed by atoms with van der Waals surface area (Å²) in [6.07, 6.45) is 3.15. The Bertz CT molecular complexity index is 1290. The lowest BCUT2D eigenvalue weighted by Crippen LogP contribution is -2.37. The Morgan fingerprint density at radius 3 is 2.50 bits per heavy atom. The molecular formula is C26H27ClN2O4S. The molecule has 0 unspecified atom stereocenters. The predicted octanol–water partition coefficient (Wildman–Crippen LogP) is 3.88. The van der Waals surface area contributed by atoms with Gasteiger partial charge in [0.2, 0.25) is 10.0 Å². The van der Waals surface area contributed by atoms with Crippen molar-refractivity contribution in [2.75, 3.05) is 12.8 Å². The molecule has 1 aliphatic rings. The van der Waals surface area contributed by atoms with Gasteiger partial charge in [-0.1, -0.05) is 54.1 Å². The van der Waals surface area contributed by atoms with E-state index in [1.807, 2.05) is 29.0 Å². The lowest BCUT2D eigenvalue weighted by Gasteiger charge is -2.27. The van der Waals surface area contributed by atoms with Crippen LogP contribution in [0.4, 0.5) is 0 Å². The average molecular weight is 499 g/mol. The molecule has 4 rings (SSSR count). The number of rotatable bonds is 7. The zero-order valence-corrected chi connectivity index (χ0v) is 20.4. The van der Waals surface area contributed by atoms with Crippen molar-refractivity contribution in [1.82, 2.24) is 10.0 Å². The van der Waals surface area contributed by atoms with Gasteiger partial charge in [-0.3, -0.25) is 4.79 Å². The van der Waals surface area contributed by atoms with Gasteiger partial charge in [0, 0.05) is 23.2 Å². The molecule has 2 atom stereocenters. The predicted molar refractivity (Wildman–Crippen MR) is 134 cm³/mol. The van der Waals surface area contributed by atoms with Gasteiger partial charge < -0.3 is 10.4 Å². The molecule has 34 heavy (non-hydrogen) atoms. The van der Waals surface area contributed by atoms with Crippen LogP contribution in [0.15, 0.2) is 66.7 Å². The Morgan fingerprint density at radius 2 is 1.79 bits per heavy atom. The van der Waals surface area contributed by atoms with Gasteiger partial charge in [-0.15, -0.1) is 0 Å². The molecule has 0 radical (unpaired) electrons. The minimum atomic E-state index is -3.60. The molecule has 3 N–H and O–H groups in total. The molecule has 0 saturated carbocycles. The normalized spacial score (nSPS) is 16.5. The number of nitrogens with one attached hydrogen (secondary N) is 2. The van der Waals surface area contributed by atoms with Gasteiger partial charge >= 0.3 is 0 Å². The maximum absolute atomic E-state index is 12.0. The van der Waals surface area contributed by atoms with Crippen LogP contribution in [-0.2, 0) is 22.9 Å². The van der Waals surface area contributed by atoms with Crippen LogP contribution in [0.1, 0.15) is 39.6 Å². The first kappa shape index (κ1) is 24.4. The third-order valence-electron chi connectivity index (χ3n) is 6.03. The molecule has 6 nitrogen and oxygen atoms in total. The van der Waals surface area contributed by atoms with Crippen molar-refractivity contribution in [3.63, 3.8) is 0 Å². The van der Waals surface area contributed by atoms with Gasteiger partial charge in [-0.05, 0) is 71.3 Å². The summed E-state index contributed by atoms with van der Waals surface area (Å²) < 4.78 is 24.5. The second-order valence-electron chi connectivity index (χ2n) is 8.68. The fourth-order valence-corrected chi connectivity index (χ4v) is 4.92. The van der Waals surface area contributed by atoms with Crippen molar-refractivity contribution in [2.45, 2.75) is 31.4 Å². The summed E-state index contributed by atoms with van der Waals surface area (Å²) in [6, 6.07) is 20.8. The maximum Gasteiger partial charge on any atom is 0.264 e. The number of fused-ring (bicyclic) bond motifs is 1. The van der Waals surface area contributed by atoms with Crippen LogP contribution in [0.5, 0.6) is 0 Å². The summed E-state index contributed by atoms with van der Waals surface area (Å²) in [4.78, 5) is 12.0. The Labute approximate surface area is 205 Å². The topological polar surface area (TPSA) is 95.5 Å². The number of sulfonamides is 1. The number of benzene rings is 3. The van der Waals surface area contributed by atoms with Crippen LogP contribution in [0, 0.1) is 0 Å². The van der Waals surface area contributed by atoms with Crippen LogP contribution in [0.2, 0.25) is 5.02 Å². The zero-order chi connectivity index (χ0) is 24.3. The monoisotopic (exact) mass is 498 g/mol. The fourth-order valence-electron chi connectivity index (χ4n) is 4.26. The number of aliphatic hydroxyl groups is 1. The third kappa shape index (κ3) is 6.24. The molecule has 0 heterocycles. The quantitative estimate of drug-likeness (QED) is 0.459. The van der Waals surface area contributed by atoms with Gasteiger partial charge in [0.05, 0.1) is 12.4 Å². The molecule has 0 saturated heterocycles. The third-order valence-corrected chi connectivity index (χ3v) is 6.82. The molecule has 0 aromatic heterocycles. The number of aryl methyl sites for hydroxylation is 1. The highest BCUT2D eigenvalue weighted by Crippen LogP contribution is 2.28. The Kier molecular flexibility index (Phi) is 7.38. The Morgan fingerprint density at radius 1 is 1.06 bits per heavy atom. The van der Waals surface area contributed by atoms with E-state index in [4.69, 9.17) is 11.6 Å². The van der Waals surface area contributed by atoms with Gasteiger partial charge in [0.25, 0.3) is 5.91 Å². The van der Waals surface area contributed by atoms with Crippen molar-refractivity contribution in [3.05, 3.63) is 94.0 Å². The van der Waals surface area contributed by atoms with Crippen LogP contribution in [-0.4, -0.2) is 38.3 Å². The summed E-state index contributed by atoms with van der Waals surface area (Å²) in [5, 5.41) is 14.6. The highest BCUT2D eigenvalue weighted by Gasteiger charge is 2.20. The van der Waals surface area contributed by atoms with Crippen molar-refractivity contribution < 1.29 is 18.3 Å². The van der Waals surface area contributed by atoms with Gasteiger partial charge in [0.1, 0.15) is 0 Å². The number of hydrogen-bond donors (Lipinski definition) is 3. The number of carbonyl (C=O) groups excluding carboxylic acids is 1. The number of amides is 1. The van der Waals surface area contributed by atoms with Gasteiger partial charge in [-0.25, -0.2) is 13.1 Å². The minimum absolute atomic E-state index is 0.263. The second-order valence-corrected chi connectivity index (χ2v) is 10.9. The average Bonchev–Trinajstić information content (AvgIpc) is 2.81. The molecule has 3 aromatic carbocycles. The Balaban J connectivity index is 1.41. The summed E-state index contributed by atoms with van der Waals surface area (Å²) in [7, 11) is -3.60. The first-order valence-electron chi connectivity index (χ1n) is 11.1. The van der Waals surface area contributed by atoms with Crippen molar-refractivity contribution in [2.24, 2.45) is 0 Å². The molecule has 1 aliphatic carbocycles. The van der Waals surface area contributed by atoms with Crippen LogP contribution >= 0.6 is 11.6 Å². The van der Waals surface area contributed by atoms with Gasteiger partial charge in [-0.2, -0.15) is 0 Å². The van der Waals surface area contributed by atoms with E-state index >= 15 is 0 Å². The van der Waals surface area contributed by atoms with E-state index in [-0.39, 0.29) is 11.6 Å². The van der Waals surface area contributed by atoms with E-state index in [1.165, 1.54) is 11.1 Å². The zero-order valence-electron chi connectivity index (χ0n) is 18.8. The van der Waals surface area contributed by atoms with Gasteiger partial charge in [0.15, 0.2) is 0 Å². The first-order chi connectivity index (χ1) is 16.2. The lowest BCUT2D eigenvalue weighted by molar-refractivity contribution is 0.0981. The second kappa shape index (κ2) is 10.3. The summed E-state index contributed by atoms with van der Waals surface area (Å²) in [6.45, 7) is 0.455. The first-order valence-corrected chi connectivity index (χ1v) is 13.4. The Hall–Kier alpha value is -2.71. The van der Waals surface area contributed by atoms with E-state index in [2.05, 4.69) is 23.5 Å². The molecule has 8 heteroatoms. The van der Waals surface area contributed by atoms with Crippen molar-refractivity contribution in [1.29, 1.82) is 0 Å². The molecule has 1 amide bonds. The largest absolute Gasteiger partial charge is 0.387 e. The molecular weight excluding hydrogens is 472 g/mol. The molecule has 0 aliphatic heterocycles. The SMILES string of the molecule is CS(=O)(=O)NC(=O)c1ccc(-c2ccc3c(c2)C[C@@H](NC[C@H](O)c2cccc(Cl)c2)CC3)cc1. The molecule has 3 aromatic rings. The smallest absolute Gasteiger partial charge is 0.264 e. The van der Waals surface area contributed by atoms with Crippen LogP contribution < -0.4 is 10.0 Å². The standard InChI is InChI=1S/C26H27ClN2O4S/c1-34(32,33)29-26(31)19-8-5-17(6-9-19)20-10-7-18-11-12-24(15-22(18)13-20)28-16-25(30)21-3-2-4-23(27)14-21/h2-10,13-14,24-25,28,30H,11-12,15-16H2,1H3,(H,29,31)/t24-,25-/m0/s1. The van der Waals surface area contributed by atoms with Crippen molar-refractivity contribution in [3.8, 4) is 11.1 Å². The highest BCUT2D eigenvalue weighted by molar-refractivity contribution is 7.89. The van der Waals surface area contributed by atoms with E-state index in [9.17, 15) is 18.3 Å². The van der Waals surface area contributed by atoms with Crippen LogP contribution in [0.3, 0.4) is 0 Å². The van der Waals surface area contributed by atoms with E-state index in [0.29, 0.717) is 11.6 Å². The fraction of sp³-hybridized carbons (Fsp3) is 0.269. The van der Waals surface area contributed by atoms with Crippen LogP contribution in [0.25, 0.3) is 11.1 Å². The van der Waals surface area contributed by atoms with Crippen molar-refractivity contribution >= 4 is 27.5 Å². The molecule has 0 bridgehead atoms. The molecule has 178 valence electrons. The number of hydrogen-bond acceptors (Lipinski definition) is 5. The number of aliphatic hydroxyl groups excluding tert-OH is 1. The maximum atomic E-state index is 12.0. The summed E-state index contributed by atoms with van der Waals surface area (Å²) in [5.41, 5.74) is 5.65. The summed E-state index contributed by atoms with van der Waals surface area (Å²) in [5.74, 6) is -0.645. The molecule has 0 spiro atoms. The molecule has 0 fully saturated rings. The van der Waals surface area contributed by atoms with E-state index in [0.717, 1.165) is 42.2 Å². The number of halogens is 1. The lowest BCUT2D eigenvalue weighted by atomic mass is 9.86. The highest BCUT2D eigenvalue weighted by atomic mass is 35.5. The van der Waals surface area contributed by atoms with E-state index in [1.54, 1.807) is 24.3 Å². The summed E-state index contributed by atoms with van der Waals surface area (Å²) >= 11 is 6.03. The minimum Gasteiger partial charge on any atom is -0.387 e. The number of carbonyl (C=O) groups is 1. The van der Waals surface area contributed by atoms with E-state index < -0.39 is 22.0 Å².